The summed E-state index contributed by atoms with van der Waals surface area (Å²) in [4.78, 5) is 15.4. The van der Waals surface area contributed by atoms with Crippen molar-refractivity contribution in [1.82, 2.24) is 4.90 Å². The molecule has 0 aromatic heterocycles. The molecule has 0 saturated heterocycles. The highest BCUT2D eigenvalue weighted by Crippen LogP contribution is 2.68. The third-order valence-corrected chi connectivity index (χ3v) is 13.3. The quantitative estimate of drug-likeness (QED) is 0.441. The molecule has 5 aliphatic rings. The zero-order chi connectivity index (χ0) is 29.1. The van der Waals surface area contributed by atoms with E-state index in [2.05, 4.69) is 26.8 Å². The number of amides is 1. The van der Waals surface area contributed by atoms with Crippen LogP contribution in [-0.4, -0.2) is 54.0 Å². The first-order valence-corrected chi connectivity index (χ1v) is 16.5. The van der Waals surface area contributed by atoms with E-state index in [4.69, 9.17) is 9.47 Å². The van der Waals surface area contributed by atoms with E-state index in [1.807, 2.05) is 11.0 Å². The summed E-state index contributed by atoms with van der Waals surface area (Å²) in [6.45, 7) is 8.80. The summed E-state index contributed by atoms with van der Waals surface area (Å²) in [6.07, 6.45) is 10.7. The Morgan fingerprint density at radius 3 is 2.39 bits per heavy atom. The molecular formula is C35H53NO5. The maximum absolute atomic E-state index is 13.4. The molecule has 1 aromatic carbocycles. The van der Waals surface area contributed by atoms with Gasteiger partial charge in [0.2, 0.25) is 5.91 Å². The van der Waals surface area contributed by atoms with E-state index in [0.29, 0.717) is 48.5 Å². The van der Waals surface area contributed by atoms with Crippen molar-refractivity contribution in [3.05, 3.63) is 23.3 Å². The zero-order valence-electron chi connectivity index (χ0n) is 26.0. The fourth-order valence-corrected chi connectivity index (χ4v) is 11.0. The van der Waals surface area contributed by atoms with E-state index in [1.165, 1.54) is 31.2 Å². The van der Waals surface area contributed by atoms with Gasteiger partial charge in [-0.1, -0.05) is 20.8 Å². The lowest BCUT2D eigenvalue weighted by Gasteiger charge is -2.62. The fourth-order valence-electron chi connectivity index (χ4n) is 11.0. The van der Waals surface area contributed by atoms with Gasteiger partial charge >= 0.3 is 0 Å². The van der Waals surface area contributed by atoms with Crippen LogP contribution >= 0.6 is 0 Å². The van der Waals surface area contributed by atoms with Crippen LogP contribution < -0.4 is 9.47 Å². The molecule has 6 heteroatoms. The monoisotopic (exact) mass is 567 g/mol. The highest BCUT2D eigenvalue weighted by atomic mass is 16.5. The maximum Gasteiger partial charge on any atom is 0.222 e. The molecule has 2 N–H and O–H groups in total. The van der Waals surface area contributed by atoms with Gasteiger partial charge in [-0.25, -0.2) is 0 Å². The Labute approximate surface area is 247 Å². The molecular weight excluding hydrogens is 514 g/mol. The molecule has 10 atom stereocenters. The van der Waals surface area contributed by atoms with Gasteiger partial charge in [-0.2, -0.15) is 0 Å². The molecule has 228 valence electrons. The summed E-state index contributed by atoms with van der Waals surface area (Å²) in [7, 11) is 3.32. The van der Waals surface area contributed by atoms with Crippen LogP contribution in [0.2, 0.25) is 0 Å². The van der Waals surface area contributed by atoms with Crippen molar-refractivity contribution in [3.63, 3.8) is 0 Å². The minimum atomic E-state index is -0.232. The number of hydrogen-bond acceptors (Lipinski definition) is 5. The van der Waals surface area contributed by atoms with Gasteiger partial charge in [-0.05, 0) is 134 Å². The number of aliphatic hydroxyl groups is 2. The number of carbonyl (C=O) groups excluding carboxylic acids is 1. The minimum absolute atomic E-state index is 0.184. The number of fused-ring (bicyclic) bond motifs is 6. The minimum Gasteiger partial charge on any atom is -0.493 e. The molecule has 4 saturated carbocycles. The number of hydrogen-bond donors (Lipinski definition) is 2. The van der Waals surface area contributed by atoms with E-state index >= 15 is 0 Å². The lowest BCUT2D eigenvalue weighted by Crippen LogP contribution is -2.58. The van der Waals surface area contributed by atoms with Crippen molar-refractivity contribution in [2.45, 2.75) is 110 Å². The number of carbonyl (C=O) groups is 1. The topological polar surface area (TPSA) is 79.2 Å². The summed E-state index contributed by atoms with van der Waals surface area (Å²) in [6, 6.07) is 4.09. The molecule has 1 heterocycles. The maximum atomic E-state index is 13.4. The molecule has 0 unspecified atom stereocenters. The summed E-state index contributed by atoms with van der Waals surface area (Å²) >= 11 is 0. The van der Waals surface area contributed by atoms with Gasteiger partial charge in [0.1, 0.15) is 0 Å². The van der Waals surface area contributed by atoms with Gasteiger partial charge in [-0.15, -0.1) is 0 Å². The molecule has 1 aliphatic heterocycles. The molecule has 6 rings (SSSR count). The van der Waals surface area contributed by atoms with Crippen LogP contribution in [0, 0.1) is 46.3 Å². The van der Waals surface area contributed by atoms with Crippen molar-refractivity contribution >= 4 is 5.91 Å². The molecule has 4 fully saturated rings. The Hall–Kier alpha value is -1.79. The van der Waals surface area contributed by atoms with Crippen LogP contribution in [-0.2, 0) is 17.8 Å². The molecule has 0 bridgehead atoms. The smallest absolute Gasteiger partial charge is 0.222 e. The predicted molar refractivity (Wildman–Crippen MR) is 160 cm³/mol. The van der Waals surface area contributed by atoms with Crippen LogP contribution in [0.1, 0.15) is 96.1 Å². The molecule has 41 heavy (non-hydrogen) atoms. The lowest BCUT2D eigenvalue weighted by molar-refractivity contribution is -0.174. The van der Waals surface area contributed by atoms with Gasteiger partial charge in [0, 0.05) is 19.5 Å². The van der Waals surface area contributed by atoms with Gasteiger partial charge in [0.25, 0.3) is 0 Å². The Balaban J connectivity index is 1.09. The van der Waals surface area contributed by atoms with Gasteiger partial charge in [-0.3, -0.25) is 4.79 Å². The number of benzene rings is 1. The number of aliphatic hydroxyl groups excluding tert-OH is 2. The standard InChI is InChI=1S/C35H53NO5/c1-21(6-9-32(39)36-15-12-22-16-30(40-4)31(41-5)17-23(22)20-36)26-7-8-27-33-28(11-14-35(26,27)3)34(2)13-10-25(37)18-24(34)19-29(33)38/h16-17,21,24-29,33,37-38H,6-15,18-20H2,1-5H3/t21-,24+,25-,26-,27+,28+,29+,33+,34+,35-/m1/s1. The predicted octanol–water partition coefficient (Wildman–Crippen LogP) is 6.00. The summed E-state index contributed by atoms with van der Waals surface area (Å²) in [5.41, 5.74) is 2.92. The first kappa shape index (κ1) is 29.3. The number of methoxy groups -OCH3 is 2. The summed E-state index contributed by atoms with van der Waals surface area (Å²) in [5, 5.41) is 21.9. The SMILES string of the molecule is COc1cc2c(cc1OC)CN(C(=O)CC[C@@H](C)[C@H]1CC[C@H]3[C@@H]4[C@@H](O)C[C@@H]5C[C@H](O)CC[C@]5(C)[C@H]4CC[C@]13C)CC2. The van der Waals surface area contributed by atoms with Gasteiger partial charge < -0.3 is 24.6 Å². The van der Waals surface area contributed by atoms with E-state index in [0.717, 1.165) is 62.1 Å². The van der Waals surface area contributed by atoms with E-state index in [-0.39, 0.29) is 28.9 Å². The van der Waals surface area contributed by atoms with Crippen LogP contribution in [0.4, 0.5) is 0 Å². The fraction of sp³-hybridized carbons (Fsp3) is 0.800. The second kappa shape index (κ2) is 11.0. The van der Waals surface area contributed by atoms with Crippen molar-refractivity contribution in [3.8, 4) is 11.5 Å². The third kappa shape index (κ3) is 4.89. The van der Waals surface area contributed by atoms with Gasteiger partial charge in [0.15, 0.2) is 11.5 Å². The van der Waals surface area contributed by atoms with Crippen molar-refractivity contribution < 1.29 is 24.5 Å². The molecule has 0 spiro atoms. The normalized spacial score (nSPS) is 40.6. The molecule has 4 aliphatic carbocycles. The average molecular weight is 568 g/mol. The second-order valence-electron chi connectivity index (χ2n) is 15.0. The van der Waals surface area contributed by atoms with Crippen LogP contribution in [0.5, 0.6) is 11.5 Å². The first-order chi connectivity index (χ1) is 19.6. The number of rotatable bonds is 6. The van der Waals surface area contributed by atoms with Crippen molar-refractivity contribution in [2.75, 3.05) is 20.8 Å². The summed E-state index contributed by atoms with van der Waals surface area (Å²) in [5.74, 6) is 4.87. The molecule has 6 nitrogen and oxygen atoms in total. The third-order valence-electron chi connectivity index (χ3n) is 13.3. The number of nitrogens with zero attached hydrogens (tertiary/aromatic N) is 1. The number of ether oxygens (including phenoxy) is 2. The highest BCUT2D eigenvalue weighted by molar-refractivity contribution is 5.76. The van der Waals surface area contributed by atoms with Crippen LogP contribution in [0.25, 0.3) is 0 Å². The Morgan fingerprint density at radius 2 is 1.66 bits per heavy atom. The summed E-state index contributed by atoms with van der Waals surface area (Å²) < 4.78 is 11.0. The Kier molecular flexibility index (Phi) is 7.89. The van der Waals surface area contributed by atoms with E-state index < -0.39 is 0 Å². The highest BCUT2D eigenvalue weighted by Gasteiger charge is 2.62. The van der Waals surface area contributed by atoms with Crippen molar-refractivity contribution in [2.24, 2.45) is 46.3 Å². The second-order valence-corrected chi connectivity index (χ2v) is 15.0. The van der Waals surface area contributed by atoms with E-state index in [9.17, 15) is 15.0 Å². The molecule has 1 aromatic rings. The van der Waals surface area contributed by atoms with Crippen LogP contribution in [0.15, 0.2) is 12.1 Å². The zero-order valence-corrected chi connectivity index (χ0v) is 26.0. The first-order valence-electron chi connectivity index (χ1n) is 16.5. The largest absolute Gasteiger partial charge is 0.493 e. The lowest BCUT2D eigenvalue weighted by atomic mass is 9.43. The van der Waals surface area contributed by atoms with Crippen molar-refractivity contribution in [1.29, 1.82) is 0 Å². The Bertz CT molecular complexity index is 1140. The van der Waals surface area contributed by atoms with E-state index in [1.54, 1.807) is 14.2 Å². The Morgan fingerprint density at radius 1 is 0.976 bits per heavy atom. The molecule has 1 amide bonds. The molecule has 0 radical (unpaired) electrons. The average Bonchev–Trinajstić information content (AvgIpc) is 3.32. The van der Waals surface area contributed by atoms with Gasteiger partial charge in [0.05, 0.1) is 26.4 Å². The van der Waals surface area contributed by atoms with Crippen LogP contribution in [0.3, 0.4) is 0 Å².